The van der Waals surface area contributed by atoms with Crippen LogP contribution in [0.25, 0.3) is 11.1 Å². The van der Waals surface area contributed by atoms with Gasteiger partial charge in [-0.3, -0.25) is 4.98 Å². The van der Waals surface area contributed by atoms with E-state index in [1.165, 1.54) is 0 Å². The molecule has 6 heteroatoms. The van der Waals surface area contributed by atoms with Gasteiger partial charge in [0.1, 0.15) is 18.1 Å². The molecule has 2 heterocycles. The normalized spacial score (nSPS) is 15.9. The monoisotopic (exact) mass is 417 g/mol. The van der Waals surface area contributed by atoms with Gasteiger partial charge in [0, 0.05) is 18.4 Å². The molecule has 1 saturated heterocycles. The summed E-state index contributed by atoms with van der Waals surface area (Å²) in [6.07, 6.45) is 6.45. The number of amides is 2. The predicted octanol–water partition coefficient (Wildman–Crippen LogP) is 5.22. The lowest BCUT2D eigenvalue weighted by molar-refractivity contribution is 0.124. The molecule has 0 saturated carbocycles. The highest BCUT2D eigenvalue weighted by molar-refractivity contribution is 5.90. The van der Waals surface area contributed by atoms with E-state index < -0.39 is 0 Å². The third-order valence-corrected chi connectivity index (χ3v) is 5.52. The zero-order valence-electron chi connectivity index (χ0n) is 17.7. The molecule has 1 aliphatic heterocycles. The number of piperidine rings is 1. The summed E-state index contributed by atoms with van der Waals surface area (Å²) in [5.41, 5.74) is 2.96. The third-order valence-electron chi connectivity index (χ3n) is 5.52. The number of hydrogen-bond donors (Lipinski definition) is 1. The Labute approximate surface area is 182 Å². The van der Waals surface area contributed by atoms with Crippen molar-refractivity contribution in [3.05, 3.63) is 73.1 Å². The number of carbonyl (C=O) groups is 1. The first-order valence-electron chi connectivity index (χ1n) is 10.6. The fourth-order valence-electron chi connectivity index (χ4n) is 3.79. The summed E-state index contributed by atoms with van der Waals surface area (Å²) >= 11 is 0. The Morgan fingerprint density at radius 3 is 2.45 bits per heavy atom. The molecule has 0 radical (unpaired) electrons. The van der Waals surface area contributed by atoms with Gasteiger partial charge in [0.15, 0.2) is 0 Å². The highest BCUT2D eigenvalue weighted by atomic mass is 16.5. The number of pyridine rings is 1. The van der Waals surface area contributed by atoms with Gasteiger partial charge in [-0.25, -0.2) is 4.79 Å². The molecular formula is C25H27N3O3. The number of nitrogens with zero attached hydrogens (tertiary/aromatic N) is 2. The topological polar surface area (TPSA) is 63.7 Å². The summed E-state index contributed by atoms with van der Waals surface area (Å²) in [4.78, 5) is 18.9. The fraction of sp³-hybridized carbons (Fsp3) is 0.280. The second kappa shape index (κ2) is 9.98. The van der Waals surface area contributed by atoms with Crippen LogP contribution < -0.4 is 14.8 Å². The minimum atomic E-state index is -0.0864. The smallest absolute Gasteiger partial charge is 0.322 e. The maximum absolute atomic E-state index is 12.9. The van der Waals surface area contributed by atoms with Crippen molar-refractivity contribution in [2.45, 2.75) is 25.3 Å². The van der Waals surface area contributed by atoms with E-state index in [2.05, 4.69) is 10.3 Å². The summed E-state index contributed by atoms with van der Waals surface area (Å²) in [6, 6.07) is 19.5. The van der Waals surface area contributed by atoms with Crippen molar-refractivity contribution in [3.63, 3.8) is 0 Å². The molecule has 4 rings (SSSR count). The molecule has 1 fully saturated rings. The molecule has 0 spiro atoms. The molecule has 160 valence electrons. The molecule has 1 N–H and O–H groups in total. The number of hydrogen-bond acceptors (Lipinski definition) is 4. The number of benzene rings is 2. The minimum Gasteiger partial charge on any atom is -0.497 e. The van der Waals surface area contributed by atoms with Gasteiger partial charge in [-0.15, -0.1) is 0 Å². The average molecular weight is 418 g/mol. The average Bonchev–Trinajstić information content (AvgIpc) is 2.84. The van der Waals surface area contributed by atoms with Crippen molar-refractivity contribution in [2.75, 3.05) is 25.6 Å². The molecule has 1 atom stereocenters. The lowest BCUT2D eigenvalue weighted by Crippen LogP contribution is -2.48. The quantitative estimate of drug-likeness (QED) is 0.597. The van der Waals surface area contributed by atoms with Crippen LogP contribution in [0.4, 0.5) is 10.5 Å². The van der Waals surface area contributed by atoms with Gasteiger partial charge in [-0.1, -0.05) is 24.3 Å². The van der Waals surface area contributed by atoms with Crippen LogP contribution in [0.2, 0.25) is 0 Å². The Kier molecular flexibility index (Phi) is 6.67. The molecule has 6 nitrogen and oxygen atoms in total. The number of urea groups is 1. The number of anilines is 1. The molecule has 1 aliphatic rings. The van der Waals surface area contributed by atoms with Crippen molar-refractivity contribution in [3.8, 4) is 22.6 Å². The Hall–Kier alpha value is -3.54. The number of ether oxygens (including phenoxy) is 2. The van der Waals surface area contributed by atoms with Crippen LogP contribution in [0, 0.1) is 0 Å². The van der Waals surface area contributed by atoms with Gasteiger partial charge in [-0.2, -0.15) is 0 Å². The van der Waals surface area contributed by atoms with Gasteiger partial charge in [0.25, 0.3) is 0 Å². The van der Waals surface area contributed by atoms with Crippen molar-refractivity contribution < 1.29 is 14.3 Å². The summed E-state index contributed by atoms with van der Waals surface area (Å²) in [6.45, 7) is 1.20. The van der Waals surface area contributed by atoms with Crippen LogP contribution in [-0.4, -0.2) is 42.2 Å². The van der Waals surface area contributed by atoms with E-state index in [0.29, 0.717) is 6.61 Å². The molecule has 31 heavy (non-hydrogen) atoms. The largest absolute Gasteiger partial charge is 0.497 e. The van der Waals surface area contributed by atoms with E-state index in [9.17, 15) is 4.79 Å². The summed E-state index contributed by atoms with van der Waals surface area (Å²) < 4.78 is 11.1. The van der Waals surface area contributed by atoms with Gasteiger partial charge in [0.2, 0.25) is 0 Å². The van der Waals surface area contributed by atoms with Gasteiger partial charge in [-0.05, 0) is 66.8 Å². The molecule has 0 aliphatic carbocycles. The van der Waals surface area contributed by atoms with Crippen LogP contribution in [0.15, 0.2) is 73.1 Å². The summed E-state index contributed by atoms with van der Waals surface area (Å²) in [7, 11) is 1.66. The van der Waals surface area contributed by atoms with Gasteiger partial charge in [0.05, 0.1) is 19.3 Å². The first-order valence-corrected chi connectivity index (χ1v) is 10.6. The Morgan fingerprint density at radius 2 is 1.77 bits per heavy atom. The third kappa shape index (κ3) is 5.34. The minimum absolute atomic E-state index is 0.0486. The van der Waals surface area contributed by atoms with Crippen molar-refractivity contribution in [2.24, 2.45) is 0 Å². The standard InChI is InChI=1S/C25H27N3O3/c1-30-23-13-9-20(10-14-23)19-7-11-21(12-8-19)27-25(29)28-16-3-2-5-22(28)18-31-24-6-4-15-26-17-24/h4,6-15,17,22H,2-3,5,16,18H2,1H3,(H,27,29). The van der Waals surface area contributed by atoms with Crippen LogP contribution in [0.1, 0.15) is 19.3 Å². The van der Waals surface area contributed by atoms with E-state index in [4.69, 9.17) is 9.47 Å². The molecular weight excluding hydrogens is 390 g/mol. The van der Waals surface area contributed by atoms with Gasteiger partial charge < -0.3 is 19.7 Å². The number of rotatable bonds is 6. The molecule has 2 aromatic carbocycles. The Bertz CT molecular complexity index is 975. The Morgan fingerprint density at radius 1 is 1.03 bits per heavy atom. The van der Waals surface area contributed by atoms with Crippen LogP contribution in [0.5, 0.6) is 11.5 Å². The van der Waals surface area contributed by atoms with E-state index in [1.54, 1.807) is 19.5 Å². The lowest BCUT2D eigenvalue weighted by atomic mass is 10.0. The predicted molar refractivity (Wildman–Crippen MR) is 122 cm³/mol. The maximum atomic E-state index is 12.9. The summed E-state index contributed by atoms with van der Waals surface area (Å²) in [5.74, 6) is 1.55. The van der Waals surface area contributed by atoms with Crippen molar-refractivity contribution in [1.82, 2.24) is 9.88 Å². The van der Waals surface area contributed by atoms with Gasteiger partial charge >= 0.3 is 6.03 Å². The molecule has 2 amide bonds. The van der Waals surface area contributed by atoms with E-state index in [1.807, 2.05) is 65.6 Å². The molecule has 3 aromatic rings. The number of aromatic nitrogens is 1. The molecule has 1 aromatic heterocycles. The van der Waals surface area contributed by atoms with E-state index in [-0.39, 0.29) is 12.1 Å². The first-order chi connectivity index (χ1) is 15.2. The Balaban J connectivity index is 1.37. The van der Waals surface area contributed by atoms with E-state index in [0.717, 1.165) is 54.1 Å². The summed E-state index contributed by atoms with van der Waals surface area (Å²) in [5, 5.41) is 3.04. The highest BCUT2D eigenvalue weighted by Crippen LogP contribution is 2.25. The second-order valence-corrected chi connectivity index (χ2v) is 7.58. The van der Waals surface area contributed by atoms with E-state index >= 15 is 0 Å². The number of carbonyl (C=O) groups excluding carboxylic acids is 1. The number of nitrogens with one attached hydrogen (secondary N) is 1. The molecule has 1 unspecified atom stereocenters. The zero-order valence-corrected chi connectivity index (χ0v) is 17.7. The lowest BCUT2D eigenvalue weighted by Gasteiger charge is -2.35. The first kappa shape index (κ1) is 20.7. The zero-order chi connectivity index (χ0) is 21.5. The molecule has 0 bridgehead atoms. The maximum Gasteiger partial charge on any atom is 0.322 e. The van der Waals surface area contributed by atoms with Crippen molar-refractivity contribution in [1.29, 1.82) is 0 Å². The van der Waals surface area contributed by atoms with Crippen LogP contribution >= 0.6 is 0 Å². The highest BCUT2D eigenvalue weighted by Gasteiger charge is 2.27. The second-order valence-electron chi connectivity index (χ2n) is 7.58. The SMILES string of the molecule is COc1ccc(-c2ccc(NC(=O)N3CCCCC3COc3cccnc3)cc2)cc1. The number of likely N-dealkylation sites (tertiary alicyclic amines) is 1. The number of methoxy groups -OCH3 is 1. The van der Waals surface area contributed by atoms with Crippen LogP contribution in [-0.2, 0) is 0 Å². The van der Waals surface area contributed by atoms with Crippen LogP contribution in [0.3, 0.4) is 0 Å². The van der Waals surface area contributed by atoms with Crippen molar-refractivity contribution >= 4 is 11.7 Å². The fourth-order valence-corrected chi connectivity index (χ4v) is 3.79.